The van der Waals surface area contributed by atoms with Gasteiger partial charge in [-0.3, -0.25) is 4.79 Å². The van der Waals surface area contributed by atoms with E-state index in [0.29, 0.717) is 0 Å². The highest BCUT2D eigenvalue weighted by Crippen LogP contribution is 2.21. The van der Waals surface area contributed by atoms with Gasteiger partial charge in [-0.2, -0.15) is 0 Å². The molecule has 3 rings (SSSR count). The minimum absolute atomic E-state index is 0.761. The molecule has 126 valence electrons. The molecule has 0 saturated carbocycles. The molecule has 0 bridgehead atoms. The van der Waals surface area contributed by atoms with Crippen LogP contribution in [-0.2, 0) is 4.79 Å². The fourth-order valence-corrected chi connectivity index (χ4v) is 3.21. The summed E-state index contributed by atoms with van der Waals surface area (Å²) in [6.45, 7) is 12.7. The average Bonchev–Trinajstić information content (AvgIpc) is 2.61. The summed E-state index contributed by atoms with van der Waals surface area (Å²) in [5, 5.41) is 0. The number of hydrogen-bond acceptors (Lipinski definition) is 6. The van der Waals surface area contributed by atoms with Crippen molar-refractivity contribution in [3.63, 3.8) is 0 Å². The highest BCUT2D eigenvalue weighted by Gasteiger charge is 2.21. The molecule has 0 radical (unpaired) electrons. The molecule has 0 spiro atoms. The number of rotatable bonds is 4. The maximum absolute atomic E-state index is 10.8. The quantitative estimate of drug-likeness (QED) is 0.740. The van der Waals surface area contributed by atoms with Crippen molar-refractivity contribution >= 4 is 18.0 Å². The third kappa shape index (κ3) is 3.72. The largest absolute Gasteiger partial charge is 0.354 e. The Balaban J connectivity index is 1.71. The standard InChI is InChI=1S/C16H26N6O/c1-3-19-4-8-21(9-5-19)15-12-16(18-14(2)17-15)22-10-6-20(13-23)7-11-22/h12-13H,3-11H2,1-2H3. The number of amides is 1. The van der Waals surface area contributed by atoms with Gasteiger partial charge in [0.2, 0.25) is 6.41 Å². The van der Waals surface area contributed by atoms with Crippen LogP contribution in [0.1, 0.15) is 12.7 Å². The molecule has 2 saturated heterocycles. The van der Waals surface area contributed by atoms with Crippen molar-refractivity contribution in [1.82, 2.24) is 19.8 Å². The number of aryl methyl sites for hydroxylation is 1. The van der Waals surface area contributed by atoms with Gasteiger partial charge in [-0.25, -0.2) is 9.97 Å². The van der Waals surface area contributed by atoms with E-state index in [2.05, 4.69) is 37.7 Å². The first-order valence-electron chi connectivity index (χ1n) is 8.47. The Morgan fingerprint density at radius 3 is 1.96 bits per heavy atom. The van der Waals surface area contributed by atoms with Gasteiger partial charge >= 0.3 is 0 Å². The lowest BCUT2D eigenvalue weighted by Gasteiger charge is -2.36. The van der Waals surface area contributed by atoms with Crippen molar-refractivity contribution < 1.29 is 4.79 Å². The predicted molar refractivity (Wildman–Crippen MR) is 90.9 cm³/mol. The Kier molecular flexibility index (Phi) is 4.95. The lowest BCUT2D eigenvalue weighted by Crippen LogP contribution is -2.47. The number of carbonyl (C=O) groups excluding carboxylic acids is 1. The summed E-state index contributed by atoms with van der Waals surface area (Å²) in [5.41, 5.74) is 0. The fourth-order valence-electron chi connectivity index (χ4n) is 3.21. The highest BCUT2D eigenvalue weighted by atomic mass is 16.1. The zero-order valence-electron chi connectivity index (χ0n) is 14.1. The van der Waals surface area contributed by atoms with Crippen molar-refractivity contribution in [1.29, 1.82) is 0 Å². The van der Waals surface area contributed by atoms with Gasteiger partial charge < -0.3 is 19.6 Å². The zero-order chi connectivity index (χ0) is 16.2. The molecular weight excluding hydrogens is 292 g/mol. The van der Waals surface area contributed by atoms with E-state index >= 15 is 0 Å². The van der Waals surface area contributed by atoms with Gasteiger partial charge in [0.05, 0.1) is 0 Å². The monoisotopic (exact) mass is 318 g/mol. The second-order valence-corrected chi connectivity index (χ2v) is 6.18. The molecule has 2 fully saturated rings. The molecular formula is C16H26N6O. The Labute approximate surface area is 137 Å². The molecule has 7 nitrogen and oxygen atoms in total. The van der Waals surface area contributed by atoms with E-state index in [0.717, 1.165) is 82.8 Å². The molecule has 0 unspecified atom stereocenters. The molecule has 23 heavy (non-hydrogen) atoms. The first-order valence-corrected chi connectivity index (χ1v) is 8.47. The Bertz CT molecular complexity index is 535. The van der Waals surface area contributed by atoms with Crippen LogP contribution in [0.5, 0.6) is 0 Å². The van der Waals surface area contributed by atoms with E-state index in [4.69, 9.17) is 0 Å². The Hall–Kier alpha value is -1.89. The zero-order valence-corrected chi connectivity index (χ0v) is 14.1. The Morgan fingerprint density at radius 2 is 1.48 bits per heavy atom. The molecule has 1 aromatic heterocycles. The summed E-state index contributed by atoms with van der Waals surface area (Å²) in [5.74, 6) is 2.82. The van der Waals surface area contributed by atoms with E-state index in [9.17, 15) is 4.79 Å². The van der Waals surface area contributed by atoms with Crippen LogP contribution in [0.15, 0.2) is 6.07 Å². The summed E-state index contributed by atoms with van der Waals surface area (Å²) in [6, 6.07) is 2.10. The van der Waals surface area contributed by atoms with Crippen LogP contribution < -0.4 is 9.80 Å². The number of hydrogen-bond donors (Lipinski definition) is 0. The molecule has 7 heteroatoms. The average molecular weight is 318 g/mol. The molecule has 0 aliphatic carbocycles. The molecule has 0 aromatic carbocycles. The maximum Gasteiger partial charge on any atom is 0.209 e. The van der Waals surface area contributed by atoms with Gasteiger partial charge in [0.1, 0.15) is 17.5 Å². The lowest BCUT2D eigenvalue weighted by atomic mass is 10.3. The number of anilines is 2. The van der Waals surface area contributed by atoms with Crippen molar-refractivity contribution in [2.24, 2.45) is 0 Å². The maximum atomic E-state index is 10.8. The van der Waals surface area contributed by atoms with Crippen LogP contribution in [0.4, 0.5) is 11.6 Å². The minimum Gasteiger partial charge on any atom is -0.354 e. The van der Waals surface area contributed by atoms with Crippen molar-refractivity contribution in [3.05, 3.63) is 11.9 Å². The van der Waals surface area contributed by atoms with Gasteiger partial charge in [0.15, 0.2) is 0 Å². The smallest absolute Gasteiger partial charge is 0.209 e. The third-order valence-electron chi connectivity index (χ3n) is 4.74. The van der Waals surface area contributed by atoms with E-state index < -0.39 is 0 Å². The molecule has 0 atom stereocenters. The fraction of sp³-hybridized carbons (Fsp3) is 0.688. The summed E-state index contributed by atoms with van der Waals surface area (Å²) in [7, 11) is 0. The van der Waals surface area contributed by atoms with Crippen LogP contribution in [0.2, 0.25) is 0 Å². The van der Waals surface area contributed by atoms with E-state index in [-0.39, 0.29) is 0 Å². The van der Waals surface area contributed by atoms with Gasteiger partial charge in [-0.05, 0) is 13.5 Å². The SMILES string of the molecule is CCN1CCN(c2cc(N3CCN(C=O)CC3)nc(C)n2)CC1. The summed E-state index contributed by atoms with van der Waals surface area (Å²) in [4.78, 5) is 29.0. The first kappa shape index (κ1) is 16.0. The second kappa shape index (κ2) is 7.12. The van der Waals surface area contributed by atoms with Gasteiger partial charge in [-0.1, -0.05) is 6.92 Å². The number of carbonyl (C=O) groups is 1. The number of likely N-dealkylation sites (N-methyl/N-ethyl adjacent to an activating group) is 1. The lowest BCUT2D eigenvalue weighted by molar-refractivity contribution is -0.118. The van der Waals surface area contributed by atoms with E-state index in [1.807, 2.05) is 11.8 Å². The van der Waals surface area contributed by atoms with Crippen molar-refractivity contribution in [3.8, 4) is 0 Å². The van der Waals surface area contributed by atoms with E-state index in [1.54, 1.807) is 0 Å². The van der Waals surface area contributed by atoms with Crippen LogP contribution in [0.25, 0.3) is 0 Å². The topological polar surface area (TPSA) is 55.8 Å². The minimum atomic E-state index is 0.761. The van der Waals surface area contributed by atoms with Gasteiger partial charge in [0, 0.05) is 58.4 Å². The predicted octanol–water partition coefficient (Wildman–Crippen LogP) is 0.205. The van der Waals surface area contributed by atoms with Crippen LogP contribution in [-0.4, -0.2) is 85.1 Å². The van der Waals surface area contributed by atoms with Crippen LogP contribution >= 0.6 is 0 Å². The molecule has 1 amide bonds. The van der Waals surface area contributed by atoms with E-state index in [1.165, 1.54) is 0 Å². The third-order valence-corrected chi connectivity index (χ3v) is 4.74. The van der Waals surface area contributed by atoms with Crippen molar-refractivity contribution in [2.45, 2.75) is 13.8 Å². The molecule has 2 aliphatic rings. The first-order chi connectivity index (χ1) is 11.2. The van der Waals surface area contributed by atoms with Gasteiger partial charge in [-0.15, -0.1) is 0 Å². The van der Waals surface area contributed by atoms with Crippen LogP contribution in [0.3, 0.4) is 0 Å². The summed E-state index contributed by atoms with van der Waals surface area (Å²) >= 11 is 0. The molecule has 2 aliphatic heterocycles. The van der Waals surface area contributed by atoms with Crippen LogP contribution in [0, 0.1) is 6.92 Å². The Morgan fingerprint density at radius 1 is 0.957 bits per heavy atom. The summed E-state index contributed by atoms with van der Waals surface area (Å²) in [6.07, 6.45) is 0.932. The number of piperazine rings is 2. The molecule has 3 heterocycles. The van der Waals surface area contributed by atoms with Gasteiger partial charge in [0.25, 0.3) is 0 Å². The number of nitrogens with zero attached hydrogens (tertiary/aromatic N) is 6. The highest BCUT2D eigenvalue weighted by molar-refractivity contribution is 5.53. The second-order valence-electron chi connectivity index (χ2n) is 6.18. The number of aromatic nitrogens is 2. The van der Waals surface area contributed by atoms with Crippen molar-refractivity contribution in [2.75, 3.05) is 68.7 Å². The normalized spacial score (nSPS) is 20.0. The molecule has 0 N–H and O–H groups in total. The molecule has 1 aromatic rings. The summed E-state index contributed by atoms with van der Waals surface area (Å²) < 4.78 is 0.